The van der Waals surface area contributed by atoms with Gasteiger partial charge < -0.3 is 20.1 Å². The highest BCUT2D eigenvalue weighted by atomic mass is 16.5. The number of carbonyl (C=O) groups excluding carboxylic acids is 1. The Bertz CT molecular complexity index is 768. The second-order valence-electron chi connectivity index (χ2n) is 5.49. The molecule has 1 amide bonds. The van der Waals surface area contributed by atoms with E-state index in [4.69, 9.17) is 4.74 Å². The molecule has 7 nitrogen and oxygen atoms in total. The molecule has 0 aliphatic heterocycles. The molecule has 1 aromatic carbocycles. The van der Waals surface area contributed by atoms with Crippen molar-refractivity contribution in [2.75, 3.05) is 13.7 Å². The van der Waals surface area contributed by atoms with Crippen LogP contribution in [0.15, 0.2) is 29.1 Å². The third-order valence-corrected chi connectivity index (χ3v) is 3.67. The van der Waals surface area contributed by atoms with Crippen molar-refractivity contribution in [1.82, 2.24) is 15.3 Å². The number of aryl methyl sites for hydroxylation is 2. The first-order valence-electron chi connectivity index (χ1n) is 7.55. The average molecular weight is 331 g/mol. The Labute approximate surface area is 139 Å². The molecule has 7 heteroatoms. The van der Waals surface area contributed by atoms with Gasteiger partial charge in [0, 0.05) is 17.8 Å². The van der Waals surface area contributed by atoms with Crippen LogP contribution < -0.4 is 15.6 Å². The summed E-state index contributed by atoms with van der Waals surface area (Å²) >= 11 is 0. The number of hydrogen-bond donors (Lipinski definition) is 3. The summed E-state index contributed by atoms with van der Waals surface area (Å²) in [5, 5.41) is 12.7. The summed E-state index contributed by atoms with van der Waals surface area (Å²) in [6.45, 7) is 3.43. The molecule has 0 aliphatic carbocycles. The van der Waals surface area contributed by atoms with Crippen molar-refractivity contribution in [3.8, 4) is 5.75 Å². The lowest BCUT2D eigenvalue weighted by Crippen LogP contribution is -2.32. The van der Waals surface area contributed by atoms with E-state index < -0.39 is 6.10 Å². The van der Waals surface area contributed by atoms with Crippen molar-refractivity contribution in [3.05, 3.63) is 57.3 Å². The van der Waals surface area contributed by atoms with Gasteiger partial charge in [0.15, 0.2) is 0 Å². The van der Waals surface area contributed by atoms with Gasteiger partial charge in [0.05, 0.1) is 19.6 Å². The molecular formula is C17H21N3O4. The lowest BCUT2D eigenvalue weighted by Gasteiger charge is -2.13. The van der Waals surface area contributed by atoms with Crippen molar-refractivity contribution in [2.45, 2.75) is 26.4 Å². The third-order valence-electron chi connectivity index (χ3n) is 3.67. The van der Waals surface area contributed by atoms with Crippen LogP contribution in [0.1, 0.15) is 28.7 Å². The second-order valence-corrected chi connectivity index (χ2v) is 5.49. The van der Waals surface area contributed by atoms with Gasteiger partial charge in [-0.3, -0.25) is 9.59 Å². The molecule has 0 radical (unpaired) electrons. The predicted molar refractivity (Wildman–Crippen MR) is 89.0 cm³/mol. The maximum Gasteiger partial charge on any atom is 0.254 e. The molecule has 0 saturated carbocycles. The topological polar surface area (TPSA) is 104 Å². The normalized spacial score (nSPS) is 11.8. The fourth-order valence-electron chi connectivity index (χ4n) is 2.34. The van der Waals surface area contributed by atoms with Gasteiger partial charge >= 0.3 is 0 Å². The molecule has 0 spiro atoms. The van der Waals surface area contributed by atoms with E-state index in [1.165, 1.54) is 0 Å². The standard InChI is InChI=1S/C17H21N3O4/c1-10-14(17(23)20-11(2)19-10)8-16(22)18-9-15(21)12-4-6-13(24-3)7-5-12/h4-7,15,21H,8-9H2,1-3H3,(H,18,22)(H,19,20,23)/t15-/m1/s1. The van der Waals surface area contributed by atoms with Crippen molar-refractivity contribution in [2.24, 2.45) is 0 Å². The molecule has 3 N–H and O–H groups in total. The summed E-state index contributed by atoms with van der Waals surface area (Å²) in [5.74, 6) is 0.856. The smallest absolute Gasteiger partial charge is 0.254 e. The van der Waals surface area contributed by atoms with E-state index in [-0.39, 0.29) is 24.4 Å². The zero-order valence-electron chi connectivity index (χ0n) is 13.9. The summed E-state index contributed by atoms with van der Waals surface area (Å²) < 4.78 is 5.05. The van der Waals surface area contributed by atoms with Gasteiger partial charge in [-0.1, -0.05) is 12.1 Å². The van der Waals surface area contributed by atoms with E-state index in [1.54, 1.807) is 45.2 Å². The van der Waals surface area contributed by atoms with Crippen LogP contribution in [-0.4, -0.2) is 34.6 Å². The fraction of sp³-hybridized carbons (Fsp3) is 0.353. The number of aliphatic hydroxyl groups excluding tert-OH is 1. The zero-order chi connectivity index (χ0) is 17.7. The third kappa shape index (κ3) is 4.42. The number of aromatic amines is 1. The molecule has 1 aromatic heterocycles. The number of aromatic nitrogens is 2. The number of aliphatic hydroxyl groups is 1. The molecule has 2 aromatic rings. The minimum absolute atomic E-state index is 0.0569. The highest BCUT2D eigenvalue weighted by Gasteiger charge is 2.14. The number of nitrogens with zero attached hydrogens (tertiary/aromatic N) is 1. The van der Waals surface area contributed by atoms with Crippen molar-refractivity contribution < 1.29 is 14.6 Å². The maximum atomic E-state index is 12.0. The number of ether oxygens (including phenoxy) is 1. The summed E-state index contributed by atoms with van der Waals surface area (Å²) in [6.07, 6.45) is -0.917. The van der Waals surface area contributed by atoms with Crippen molar-refractivity contribution in [1.29, 1.82) is 0 Å². The predicted octanol–water partition coefficient (Wildman–Crippen LogP) is 0.788. The molecule has 1 heterocycles. The number of methoxy groups -OCH3 is 1. The number of benzene rings is 1. The number of nitrogens with one attached hydrogen (secondary N) is 2. The lowest BCUT2D eigenvalue weighted by atomic mass is 10.1. The first-order valence-corrected chi connectivity index (χ1v) is 7.55. The van der Waals surface area contributed by atoms with E-state index in [0.717, 1.165) is 0 Å². The average Bonchev–Trinajstić information content (AvgIpc) is 2.56. The van der Waals surface area contributed by atoms with Crippen molar-refractivity contribution >= 4 is 5.91 Å². The van der Waals surface area contributed by atoms with Crippen LogP contribution in [0.4, 0.5) is 0 Å². The summed E-state index contributed by atoms with van der Waals surface area (Å²) in [4.78, 5) is 30.6. The summed E-state index contributed by atoms with van der Waals surface area (Å²) in [7, 11) is 1.56. The van der Waals surface area contributed by atoms with Gasteiger partial charge in [-0.15, -0.1) is 0 Å². The summed E-state index contributed by atoms with van der Waals surface area (Å²) in [5.41, 5.74) is 1.21. The molecule has 128 valence electrons. The van der Waals surface area contributed by atoms with E-state index in [2.05, 4.69) is 15.3 Å². The first-order chi connectivity index (χ1) is 11.4. The van der Waals surface area contributed by atoms with E-state index in [9.17, 15) is 14.7 Å². The van der Waals surface area contributed by atoms with Crippen LogP contribution in [0, 0.1) is 13.8 Å². The van der Waals surface area contributed by atoms with Crippen LogP contribution in [-0.2, 0) is 11.2 Å². The molecule has 0 aliphatic rings. The molecule has 0 saturated heterocycles. The minimum atomic E-state index is -0.838. The van der Waals surface area contributed by atoms with E-state index in [1.807, 2.05) is 0 Å². The van der Waals surface area contributed by atoms with Crippen LogP contribution in [0.2, 0.25) is 0 Å². The monoisotopic (exact) mass is 331 g/mol. The molecule has 1 atom stereocenters. The van der Waals surface area contributed by atoms with Crippen LogP contribution in [0.5, 0.6) is 5.75 Å². The second kappa shape index (κ2) is 7.74. The van der Waals surface area contributed by atoms with Gasteiger partial charge in [-0.05, 0) is 31.5 Å². The maximum absolute atomic E-state index is 12.0. The van der Waals surface area contributed by atoms with Gasteiger partial charge in [0.1, 0.15) is 11.6 Å². The van der Waals surface area contributed by atoms with Gasteiger partial charge in [0.25, 0.3) is 5.56 Å². The fourth-order valence-corrected chi connectivity index (χ4v) is 2.34. The Morgan fingerprint density at radius 1 is 1.33 bits per heavy atom. The van der Waals surface area contributed by atoms with Crippen LogP contribution >= 0.6 is 0 Å². The molecular weight excluding hydrogens is 310 g/mol. The number of amides is 1. The number of carbonyl (C=O) groups is 1. The molecule has 0 bridgehead atoms. The number of rotatable bonds is 6. The van der Waals surface area contributed by atoms with Crippen molar-refractivity contribution in [3.63, 3.8) is 0 Å². The molecule has 24 heavy (non-hydrogen) atoms. The van der Waals surface area contributed by atoms with E-state index >= 15 is 0 Å². The van der Waals surface area contributed by atoms with E-state index in [0.29, 0.717) is 28.4 Å². The van der Waals surface area contributed by atoms with Crippen LogP contribution in [0.3, 0.4) is 0 Å². The zero-order valence-corrected chi connectivity index (χ0v) is 13.9. The number of H-pyrrole nitrogens is 1. The Morgan fingerprint density at radius 2 is 2.00 bits per heavy atom. The minimum Gasteiger partial charge on any atom is -0.497 e. The highest BCUT2D eigenvalue weighted by Crippen LogP contribution is 2.16. The lowest BCUT2D eigenvalue weighted by molar-refractivity contribution is -0.120. The molecule has 0 fully saturated rings. The first kappa shape index (κ1) is 17.7. The van der Waals surface area contributed by atoms with Gasteiger partial charge in [-0.25, -0.2) is 4.98 Å². The largest absolute Gasteiger partial charge is 0.497 e. The highest BCUT2D eigenvalue weighted by molar-refractivity contribution is 5.78. The quantitative estimate of drug-likeness (QED) is 0.726. The van der Waals surface area contributed by atoms with Gasteiger partial charge in [-0.2, -0.15) is 0 Å². The van der Waals surface area contributed by atoms with Crippen LogP contribution in [0.25, 0.3) is 0 Å². The Morgan fingerprint density at radius 3 is 2.58 bits per heavy atom. The molecule has 0 unspecified atom stereocenters. The summed E-state index contributed by atoms with van der Waals surface area (Å²) in [6, 6.07) is 6.94. The Kier molecular flexibility index (Phi) is 5.70. The molecule has 2 rings (SSSR count). The SMILES string of the molecule is COc1ccc([C@H](O)CNC(=O)Cc2c(C)nc(C)[nH]c2=O)cc1. The number of hydrogen-bond acceptors (Lipinski definition) is 5. The Hall–Kier alpha value is -2.67. The Balaban J connectivity index is 1.94. The van der Waals surface area contributed by atoms with Gasteiger partial charge in [0.2, 0.25) is 5.91 Å².